The van der Waals surface area contributed by atoms with E-state index >= 15 is 0 Å². The molecule has 0 amide bonds. The Balaban J connectivity index is 2.76. The van der Waals surface area contributed by atoms with Gasteiger partial charge in [-0.2, -0.15) is 0 Å². The Labute approximate surface area is 123 Å². The molecule has 0 radical (unpaired) electrons. The van der Waals surface area contributed by atoms with Crippen LogP contribution in [0.1, 0.15) is 11.1 Å². The van der Waals surface area contributed by atoms with E-state index in [1.165, 1.54) is 0 Å². The van der Waals surface area contributed by atoms with Crippen LogP contribution in [-0.2, 0) is 13.1 Å². The molecule has 0 atom stereocenters. The molecule has 0 aliphatic heterocycles. The molecule has 0 aliphatic rings. The SMILES string of the molecule is COc1ccccc1-c1cc(C)c(CN)c(=O)n1CCO. The van der Waals surface area contributed by atoms with Gasteiger partial charge in [0.25, 0.3) is 5.56 Å². The van der Waals surface area contributed by atoms with Crippen LogP contribution in [0.25, 0.3) is 11.3 Å². The lowest BCUT2D eigenvalue weighted by Crippen LogP contribution is -2.29. The van der Waals surface area contributed by atoms with Crippen molar-refractivity contribution in [2.75, 3.05) is 13.7 Å². The van der Waals surface area contributed by atoms with Crippen LogP contribution in [0.3, 0.4) is 0 Å². The maximum atomic E-state index is 12.5. The number of pyridine rings is 1. The molecule has 2 aromatic rings. The predicted octanol–water partition coefficient (Wildman–Crippen LogP) is 1.28. The highest BCUT2D eigenvalue weighted by Gasteiger charge is 2.15. The molecule has 0 aliphatic carbocycles. The quantitative estimate of drug-likeness (QED) is 0.869. The Hall–Kier alpha value is -2.11. The second kappa shape index (κ2) is 6.56. The van der Waals surface area contributed by atoms with Gasteiger partial charge in [-0.3, -0.25) is 4.79 Å². The van der Waals surface area contributed by atoms with Crippen LogP contribution in [-0.4, -0.2) is 23.4 Å². The molecule has 1 aromatic heterocycles. The fourth-order valence-corrected chi connectivity index (χ4v) is 2.46. The zero-order valence-corrected chi connectivity index (χ0v) is 12.3. The minimum atomic E-state index is -0.160. The summed E-state index contributed by atoms with van der Waals surface area (Å²) in [4.78, 5) is 12.5. The number of aryl methyl sites for hydroxylation is 1. The summed E-state index contributed by atoms with van der Waals surface area (Å²) in [6, 6.07) is 9.41. The second-order valence-corrected chi connectivity index (χ2v) is 4.78. The number of aliphatic hydroxyl groups is 1. The molecule has 1 heterocycles. The van der Waals surface area contributed by atoms with Gasteiger partial charge >= 0.3 is 0 Å². The van der Waals surface area contributed by atoms with E-state index in [2.05, 4.69) is 0 Å². The number of hydrogen-bond acceptors (Lipinski definition) is 4. The molecule has 0 saturated heterocycles. The van der Waals surface area contributed by atoms with Gasteiger partial charge in [0.2, 0.25) is 0 Å². The van der Waals surface area contributed by atoms with Crippen LogP contribution in [0.2, 0.25) is 0 Å². The summed E-state index contributed by atoms with van der Waals surface area (Å²) < 4.78 is 6.92. The third kappa shape index (κ3) is 2.84. The van der Waals surface area contributed by atoms with E-state index in [-0.39, 0.29) is 25.3 Å². The highest BCUT2D eigenvalue weighted by atomic mass is 16.5. The van der Waals surface area contributed by atoms with Crippen LogP contribution >= 0.6 is 0 Å². The van der Waals surface area contributed by atoms with E-state index in [9.17, 15) is 9.90 Å². The maximum absolute atomic E-state index is 12.5. The molecule has 5 nitrogen and oxygen atoms in total. The largest absolute Gasteiger partial charge is 0.496 e. The smallest absolute Gasteiger partial charge is 0.255 e. The van der Waals surface area contributed by atoms with Crippen molar-refractivity contribution in [1.82, 2.24) is 4.57 Å². The van der Waals surface area contributed by atoms with Crippen LogP contribution in [0.5, 0.6) is 5.75 Å². The van der Waals surface area contributed by atoms with E-state index in [0.29, 0.717) is 11.3 Å². The molecular formula is C16H20N2O3. The Morgan fingerprint density at radius 3 is 2.67 bits per heavy atom. The number of benzene rings is 1. The molecule has 112 valence electrons. The monoisotopic (exact) mass is 288 g/mol. The van der Waals surface area contributed by atoms with Crippen molar-refractivity contribution in [3.8, 4) is 17.0 Å². The first-order chi connectivity index (χ1) is 10.1. The molecule has 21 heavy (non-hydrogen) atoms. The molecule has 0 spiro atoms. The Bertz CT molecular complexity index is 692. The molecular weight excluding hydrogens is 268 g/mol. The Kier molecular flexibility index (Phi) is 4.77. The van der Waals surface area contributed by atoms with Crippen LogP contribution in [0.15, 0.2) is 35.1 Å². The Morgan fingerprint density at radius 2 is 2.05 bits per heavy atom. The minimum absolute atomic E-state index is 0.116. The van der Waals surface area contributed by atoms with Gasteiger partial charge < -0.3 is 20.1 Å². The topological polar surface area (TPSA) is 77.5 Å². The summed E-state index contributed by atoms with van der Waals surface area (Å²) in [6.07, 6.45) is 0. The lowest BCUT2D eigenvalue weighted by Gasteiger charge is -2.17. The second-order valence-electron chi connectivity index (χ2n) is 4.78. The first-order valence-electron chi connectivity index (χ1n) is 6.81. The number of methoxy groups -OCH3 is 1. The summed E-state index contributed by atoms with van der Waals surface area (Å²) >= 11 is 0. The number of para-hydroxylation sites is 1. The van der Waals surface area contributed by atoms with Crippen molar-refractivity contribution < 1.29 is 9.84 Å². The summed E-state index contributed by atoms with van der Waals surface area (Å²) in [5, 5.41) is 9.25. The van der Waals surface area contributed by atoms with Gasteiger partial charge in [-0.15, -0.1) is 0 Å². The lowest BCUT2D eigenvalue weighted by atomic mass is 10.0. The zero-order chi connectivity index (χ0) is 15.4. The van der Waals surface area contributed by atoms with E-state index in [4.69, 9.17) is 10.5 Å². The van der Waals surface area contributed by atoms with Gasteiger partial charge in [0.05, 0.1) is 19.4 Å². The summed E-state index contributed by atoms with van der Waals surface area (Å²) in [6.45, 7) is 2.16. The fourth-order valence-electron chi connectivity index (χ4n) is 2.46. The third-order valence-electron chi connectivity index (χ3n) is 3.53. The molecule has 1 aromatic carbocycles. The lowest BCUT2D eigenvalue weighted by molar-refractivity contribution is 0.274. The number of hydrogen-bond donors (Lipinski definition) is 2. The number of nitrogens with zero attached hydrogens (tertiary/aromatic N) is 1. The molecule has 5 heteroatoms. The van der Waals surface area contributed by atoms with Crippen molar-refractivity contribution in [2.24, 2.45) is 5.73 Å². The van der Waals surface area contributed by atoms with Crippen molar-refractivity contribution in [2.45, 2.75) is 20.0 Å². The predicted molar refractivity (Wildman–Crippen MR) is 82.4 cm³/mol. The molecule has 0 fully saturated rings. The van der Waals surface area contributed by atoms with Crippen molar-refractivity contribution in [3.05, 3.63) is 51.8 Å². The standard InChI is InChI=1S/C16H20N2O3/c1-11-9-14(12-5-3-4-6-15(12)21-2)18(7-8-19)16(20)13(11)10-17/h3-6,9,19H,7-8,10,17H2,1-2H3. The van der Waals surface area contributed by atoms with Crippen molar-refractivity contribution in [1.29, 1.82) is 0 Å². The number of aliphatic hydroxyl groups excluding tert-OH is 1. The molecule has 3 N–H and O–H groups in total. The first-order valence-corrected chi connectivity index (χ1v) is 6.81. The molecule has 2 rings (SSSR count). The normalized spacial score (nSPS) is 10.7. The zero-order valence-electron chi connectivity index (χ0n) is 12.3. The van der Waals surface area contributed by atoms with E-state index in [0.717, 1.165) is 16.8 Å². The number of nitrogens with two attached hydrogens (primary N) is 1. The van der Waals surface area contributed by atoms with E-state index < -0.39 is 0 Å². The summed E-state index contributed by atoms with van der Waals surface area (Å²) in [5.74, 6) is 0.684. The highest BCUT2D eigenvalue weighted by molar-refractivity contribution is 5.68. The van der Waals surface area contributed by atoms with Gasteiger partial charge in [-0.05, 0) is 30.7 Å². The third-order valence-corrected chi connectivity index (χ3v) is 3.53. The van der Waals surface area contributed by atoms with E-state index in [1.54, 1.807) is 11.7 Å². The van der Waals surface area contributed by atoms with Gasteiger partial charge in [0, 0.05) is 24.2 Å². The molecule has 0 unspecified atom stereocenters. The van der Waals surface area contributed by atoms with Crippen LogP contribution < -0.4 is 16.0 Å². The van der Waals surface area contributed by atoms with Gasteiger partial charge in [-0.1, -0.05) is 12.1 Å². The number of ether oxygens (including phenoxy) is 1. The van der Waals surface area contributed by atoms with Crippen molar-refractivity contribution >= 4 is 0 Å². The number of rotatable bonds is 5. The van der Waals surface area contributed by atoms with Crippen molar-refractivity contribution in [3.63, 3.8) is 0 Å². The average molecular weight is 288 g/mol. The highest BCUT2D eigenvalue weighted by Crippen LogP contribution is 2.29. The summed E-state index contributed by atoms with van der Waals surface area (Å²) in [5.41, 5.74) is 8.46. The van der Waals surface area contributed by atoms with E-state index in [1.807, 2.05) is 37.3 Å². The van der Waals surface area contributed by atoms with Crippen LogP contribution in [0, 0.1) is 6.92 Å². The number of aromatic nitrogens is 1. The van der Waals surface area contributed by atoms with Gasteiger partial charge in [0.15, 0.2) is 0 Å². The average Bonchev–Trinajstić information content (AvgIpc) is 2.50. The Morgan fingerprint density at radius 1 is 1.33 bits per heavy atom. The maximum Gasteiger partial charge on any atom is 0.255 e. The molecule has 0 saturated carbocycles. The summed E-state index contributed by atoms with van der Waals surface area (Å²) in [7, 11) is 1.59. The van der Waals surface area contributed by atoms with Gasteiger partial charge in [0.1, 0.15) is 5.75 Å². The van der Waals surface area contributed by atoms with Crippen LogP contribution in [0.4, 0.5) is 0 Å². The van der Waals surface area contributed by atoms with Gasteiger partial charge in [-0.25, -0.2) is 0 Å². The fraction of sp³-hybridized carbons (Fsp3) is 0.312. The first kappa shape index (κ1) is 15.3. The minimum Gasteiger partial charge on any atom is -0.496 e. The molecule has 0 bridgehead atoms.